The summed E-state index contributed by atoms with van der Waals surface area (Å²) in [6.07, 6.45) is 6.04. The van der Waals surface area contributed by atoms with Gasteiger partial charge in [0.1, 0.15) is 18.5 Å². The standard InChI is InChI=1S/C17H32N6O3/c1-11(24)20-6-7-26-17(25)15-9-14-8-12(2-4-13(14)10-21-15)3-5-16(18)22-23-19/h12-15,21,23H,2-10,19H2,1H3,(H2,18,22)(H,20,24). The van der Waals surface area contributed by atoms with Gasteiger partial charge in [-0.05, 0) is 50.0 Å². The smallest absolute Gasteiger partial charge is 0.323 e. The van der Waals surface area contributed by atoms with Crippen LogP contribution in [0.2, 0.25) is 0 Å². The Kier molecular flexibility index (Phi) is 8.11. The zero-order valence-electron chi connectivity index (χ0n) is 15.5. The number of fused-ring (bicyclic) bond motifs is 1. The van der Waals surface area contributed by atoms with Crippen LogP contribution in [-0.2, 0) is 14.3 Å². The predicted octanol–water partition coefficient (Wildman–Crippen LogP) is -0.424. The Hall–Kier alpha value is -1.87. The fourth-order valence-corrected chi connectivity index (χ4v) is 4.07. The molecule has 1 aliphatic heterocycles. The van der Waals surface area contributed by atoms with Crippen LogP contribution in [0.4, 0.5) is 0 Å². The lowest BCUT2D eigenvalue weighted by Gasteiger charge is -2.42. The van der Waals surface area contributed by atoms with E-state index in [-0.39, 0.29) is 24.5 Å². The Balaban J connectivity index is 1.74. The molecule has 1 heterocycles. The Morgan fingerprint density at radius 2 is 2.08 bits per heavy atom. The predicted molar refractivity (Wildman–Crippen MR) is 98.6 cm³/mol. The van der Waals surface area contributed by atoms with Gasteiger partial charge in [0.05, 0.1) is 6.54 Å². The number of carbonyl (C=O) groups excluding carboxylic acids is 2. The van der Waals surface area contributed by atoms with E-state index in [4.69, 9.17) is 16.3 Å². The number of nitrogens with zero attached hydrogens (tertiary/aromatic N) is 1. The van der Waals surface area contributed by atoms with E-state index in [1.807, 2.05) is 0 Å². The molecule has 1 amide bonds. The van der Waals surface area contributed by atoms with Gasteiger partial charge in [-0.25, -0.2) is 11.4 Å². The van der Waals surface area contributed by atoms with Gasteiger partial charge in [0.15, 0.2) is 0 Å². The van der Waals surface area contributed by atoms with Crippen LogP contribution in [-0.4, -0.2) is 43.5 Å². The maximum absolute atomic E-state index is 12.2. The quantitative estimate of drug-likeness (QED) is 0.0977. The van der Waals surface area contributed by atoms with Crippen LogP contribution in [0.5, 0.6) is 0 Å². The third kappa shape index (κ3) is 6.45. The van der Waals surface area contributed by atoms with Crippen molar-refractivity contribution in [2.24, 2.45) is 34.4 Å². The van der Waals surface area contributed by atoms with Gasteiger partial charge in [0.2, 0.25) is 5.91 Å². The van der Waals surface area contributed by atoms with Crippen LogP contribution >= 0.6 is 0 Å². The van der Waals surface area contributed by atoms with E-state index in [9.17, 15) is 9.59 Å². The molecule has 4 atom stereocenters. The zero-order chi connectivity index (χ0) is 18.9. The molecule has 2 aliphatic rings. The zero-order valence-corrected chi connectivity index (χ0v) is 15.5. The van der Waals surface area contributed by atoms with Gasteiger partial charge in [-0.2, -0.15) is 5.10 Å². The highest BCUT2D eigenvalue weighted by Crippen LogP contribution is 2.40. The third-order valence-corrected chi connectivity index (χ3v) is 5.44. The van der Waals surface area contributed by atoms with Crippen molar-refractivity contribution in [2.75, 3.05) is 19.7 Å². The fraction of sp³-hybridized carbons (Fsp3) is 0.824. The van der Waals surface area contributed by atoms with Gasteiger partial charge in [-0.15, -0.1) is 0 Å². The molecule has 0 aromatic heterocycles. The number of nitrogens with one attached hydrogen (secondary N) is 3. The monoisotopic (exact) mass is 368 g/mol. The maximum atomic E-state index is 12.2. The Labute approximate surface area is 154 Å². The van der Waals surface area contributed by atoms with Gasteiger partial charge < -0.3 is 21.1 Å². The molecule has 0 aromatic carbocycles. The lowest BCUT2D eigenvalue weighted by Crippen LogP contribution is -2.50. The van der Waals surface area contributed by atoms with Crippen molar-refractivity contribution >= 4 is 17.7 Å². The fourth-order valence-electron chi connectivity index (χ4n) is 4.07. The van der Waals surface area contributed by atoms with Crippen LogP contribution in [0, 0.1) is 17.8 Å². The summed E-state index contributed by atoms with van der Waals surface area (Å²) < 4.78 is 5.28. The van der Waals surface area contributed by atoms with Crippen LogP contribution in [0.25, 0.3) is 0 Å². The maximum Gasteiger partial charge on any atom is 0.323 e. The average Bonchev–Trinajstić information content (AvgIpc) is 2.62. The van der Waals surface area contributed by atoms with Crippen molar-refractivity contribution in [1.82, 2.24) is 16.2 Å². The summed E-state index contributed by atoms with van der Waals surface area (Å²) in [4.78, 5) is 23.1. The van der Waals surface area contributed by atoms with E-state index in [1.54, 1.807) is 0 Å². The number of rotatable bonds is 8. The summed E-state index contributed by atoms with van der Waals surface area (Å²) >= 11 is 0. The van der Waals surface area contributed by atoms with Crippen molar-refractivity contribution in [3.8, 4) is 0 Å². The summed E-state index contributed by atoms with van der Waals surface area (Å²) in [5.41, 5.74) is 8.01. The number of hydrazine groups is 1. The number of hydrogen-bond donors (Lipinski definition) is 5. The molecule has 0 bridgehead atoms. The van der Waals surface area contributed by atoms with Crippen molar-refractivity contribution in [1.29, 1.82) is 0 Å². The SMILES string of the molecule is CC(=O)NCCOC(=O)C1CC2CC(CC/C(N)=N/NN)CCC2CN1. The molecule has 4 unspecified atom stereocenters. The number of amidine groups is 1. The Morgan fingerprint density at radius 3 is 2.81 bits per heavy atom. The first-order valence-corrected chi connectivity index (χ1v) is 9.41. The molecule has 0 radical (unpaired) electrons. The van der Waals surface area contributed by atoms with Gasteiger partial charge >= 0.3 is 5.97 Å². The summed E-state index contributed by atoms with van der Waals surface area (Å²) in [6.45, 7) is 2.86. The topological polar surface area (TPSA) is 144 Å². The number of nitrogens with two attached hydrogens (primary N) is 2. The molecule has 0 aromatic rings. The van der Waals surface area contributed by atoms with E-state index in [0.717, 1.165) is 32.2 Å². The minimum absolute atomic E-state index is 0.124. The highest BCUT2D eigenvalue weighted by molar-refractivity contribution is 5.79. The molecule has 148 valence electrons. The van der Waals surface area contributed by atoms with Crippen molar-refractivity contribution in [3.63, 3.8) is 0 Å². The molecule has 26 heavy (non-hydrogen) atoms. The van der Waals surface area contributed by atoms with E-state index in [1.165, 1.54) is 19.8 Å². The molecular formula is C17H32N6O3. The second-order valence-corrected chi connectivity index (χ2v) is 7.32. The van der Waals surface area contributed by atoms with E-state index < -0.39 is 0 Å². The van der Waals surface area contributed by atoms with E-state index in [0.29, 0.717) is 30.1 Å². The Morgan fingerprint density at radius 1 is 1.27 bits per heavy atom. The van der Waals surface area contributed by atoms with Crippen molar-refractivity contribution in [3.05, 3.63) is 0 Å². The molecule has 0 spiro atoms. The first-order valence-electron chi connectivity index (χ1n) is 9.41. The minimum Gasteiger partial charge on any atom is -0.463 e. The lowest BCUT2D eigenvalue weighted by molar-refractivity contribution is -0.148. The number of ether oxygens (including phenoxy) is 1. The van der Waals surface area contributed by atoms with Crippen LogP contribution in [0.3, 0.4) is 0 Å². The summed E-state index contributed by atoms with van der Waals surface area (Å²) in [5.74, 6) is 7.10. The number of amides is 1. The van der Waals surface area contributed by atoms with Crippen LogP contribution in [0.1, 0.15) is 45.4 Å². The third-order valence-electron chi connectivity index (χ3n) is 5.44. The van der Waals surface area contributed by atoms with Gasteiger partial charge in [0.25, 0.3) is 0 Å². The number of carbonyl (C=O) groups is 2. The highest BCUT2D eigenvalue weighted by Gasteiger charge is 2.38. The summed E-state index contributed by atoms with van der Waals surface area (Å²) in [7, 11) is 0. The van der Waals surface area contributed by atoms with E-state index in [2.05, 4.69) is 21.3 Å². The molecule has 9 heteroatoms. The number of hydrogen-bond acceptors (Lipinski definition) is 7. The highest BCUT2D eigenvalue weighted by atomic mass is 16.5. The Bertz CT molecular complexity index is 513. The number of piperidine rings is 1. The van der Waals surface area contributed by atoms with Gasteiger partial charge in [-0.1, -0.05) is 6.42 Å². The van der Waals surface area contributed by atoms with Gasteiger partial charge in [0, 0.05) is 13.3 Å². The van der Waals surface area contributed by atoms with Crippen molar-refractivity contribution in [2.45, 2.75) is 51.5 Å². The average molecular weight is 368 g/mol. The molecule has 2 fully saturated rings. The second kappa shape index (κ2) is 10.3. The summed E-state index contributed by atoms with van der Waals surface area (Å²) in [5, 5.41) is 9.74. The van der Waals surface area contributed by atoms with Crippen molar-refractivity contribution < 1.29 is 14.3 Å². The van der Waals surface area contributed by atoms with Crippen LogP contribution in [0.15, 0.2) is 5.10 Å². The molecule has 2 rings (SSSR count). The molecule has 1 saturated carbocycles. The second-order valence-electron chi connectivity index (χ2n) is 7.32. The number of hydrazone groups is 1. The first-order chi connectivity index (χ1) is 12.5. The number of esters is 1. The van der Waals surface area contributed by atoms with E-state index >= 15 is 0 Å². The molecule has 7 N–H and O–H groups in total. The minimum atomic E-state index is -0.250. The lowest BCUT2D eigenvalue weighted by atomic mass is 9.69. The first kappa shape index (κ1) is 20.4. The summed E-state index contributed by atoms with van der Waals surface area (Å²) in [6, 6.07) is -0.250. The molecule has 1 aliphatic carbocycles. The largest absolute Gasteiger partial charge is 0.463 e. The molecular weight excluding hydrogens is 336 g/mol. The van der Waals surface area contributed by atoms with Crippen LogP contribution < -0.4 is 27.7 Å². The normalized spacial score (nSPS) is 28.8. The molecule has 9 nitrogen and oxygen atoms in total. The molecule has 1 saturated heterocycles. The van der Waals surface area contributed by atoms with Gasteiger partial charge in [-0.3, -0.25) is 9.59 Å².